The SMILES string of the molecule is CC(=O)OCC(=Cc1cccc(Br)c1)Cc1ccccc1. The molecule has 21 heavy (non-hydrogen) atoms. The molecule has 0 fully saturated rings. The van der Waals surface area contributed by atoms with Crippen LogP contribution in [0, 0.1) is 0 Å². The fraction of sp³-hybridized carbons (Fsp3) is 0.167. The van der Waals surface area contributed by atoms with Gasteiger partial charge >= 0.3 is 5.97 Å². The van der Waals surface area contributed by atoms with Crippen molar-refractivity contribution < 1.29 is 9.53 Å². The maximum Gasteiger partial charge on any atom is 0.302 e. The van der Waals surface area contributed by atoms with Gasteiger partial charge in [0.05, 0.1) is 0 Å². The first-order valence-electron chi connectivity index (χ1n) is 6.76. The maximum absolute atomic E-state index is 11.1. The van der Waals surface area contributed by atoms with E-state index < -0.39 is 0 Å². The van der Waals surface area contributed by atoms with Crippen LogP contribution in [-0.4, -0.2) is 12.6 Å². The number of ether oxygens (including phenoxy) is 1. The molecule has 0 radical (unpaired) electrons. The summed E-state index contributed by atoms with van der Waals surface area (Å²) in [5, 5.41) is 0. The molecular formula is C18H17BrO2. The number of hydrogen-bond acceptors (Lipinski definition) is 2. The van der Waals surface area contributed by atoms with E-state index in [0.29, 0.717) is 6.61 Å². The van der Waals surface area contributed by atoms with Crippen LogP contribution in [0.4, 0.5) is 0 Å². The predicted molar refractivity (Wildman–Crippen MR) is 88.9 cm³/mol. The van der Waals surface area contributed by atoms with Crippen LogP contribution >= 0.6 is 15.9 Å². The van der Waals surface area contributed by atoms with Crippen LogP contribution in [0.5, 0.6) is 0 Å². The van der Waals surface area contributed by atoms with Crippen molar-refractivity contribution in [3.63, 3.8) is 0 Å². The van der Waals surface area contributed by atoms with Crippen molar-refractivity contribution >= 4 is 28.0 Å². The van der Waals surface area contributed by atoms with Gasteiger partial charge in [-0.3, -0.25) is 4.79 Å². The first-order valence-corrected chi connectivity index (χ1v) is 7.55. The Kier molecular flexibility index (Phi) is 5.76. The van der Waals surface area contributed by atoms with E-state index in [1.165, 1.54) is 12.5 Å². The van der Waals surface area contributed by atoms with Crippen LogP contribution in [0.2, 0.25) is 0 Å². The summed E-state index contributed by atoms with van der Waals surface area (Å²) in [5.74, 6) is -0.261. The number of carbonyl (C=O) groups is 1. The molecule has 0 spiro atoms. The Morgan fingerprint density at radius 2 is 1.90 bits per heavy atom. The molecule has 2 nitrogen and oxygen atoms in total. The maximum atomic E-state index is 11.1. The summed E-state index contributed by atoms with van der Waals surface area (Å²) >= 11 is 3.47. The lowest BCUT2D eigenvalue weighted by Gasteiger charge is -2.09. The van der Waals surface area contributed by atoms with E-state index in [1.807, 2.05) is 42.5 Å². The Morgan fingerprint density at radius 1 is 1.14 bits per heavy atom. The Balaban J connectivity index is 2.20. The zero-order chi connectivity index (χ0) is 15.1. The molecule has 3 heteroatoms. The Labute approximate surface area is 133 Å². The number of benzene rings is 2. The van der Waals surface area contributed by atoms with E-state index in [1.54, 1.807) is 0 Å². The van der Waals surface area contributed by atoms with Gasteiger partial charge in [0.1, 0.15) is 6.61 Å². The monoisotopic (exact) mass is 344 g/mol. The van der Waals surface area contributed by atoms with Crippen molar-refractivity contribution in [2.24, 2.45) is 0 Å². The van der Waals surface area contributed by atoms with Crippen LogP contribution in [0.25, 0.3) is 6.08 Å². The normalized spacial score (nSPS) is 11.2. The molecule has 0 atom stereocenters. The van der Waals surface area contributed by atoms with Crippen LogP contribution in [-0.2, 0) is 16.0 Å². The highest BCUT2D eigenvalue weighted by Gasteiger charge is 2.03. The molecule has 2 aromatic rings. The third kappa shape index (κ3) is 5.56. The van der Waals surface area contributed by atoms with E-state index in [4.69, 9.17) is 4.74 Å². The molecule has 0 unspecified atom stereocenters. The Hall–Kier alpha value is -1.87. The lowest BCUT2D eigenvalue weighted by atomic mass is 10.0. The van der Waals surface area contributed by atoms with Gasteiger partial charge in [-0.25, -0.2) is 0 Å². The molecule has 0 saturated heterocycles. The molecule has 0 bridgehead atoms. The lowest BCUT2D eigenvalue weighted by molar-refractivity contribution is -0.139. The van der Waals surface area contributed by atoms with E-state index in [2.05, 4.69) is 34.1 Å². The summed E-state index contributed by atoms with van der Waals surface area (Å²) in [6.45, 7) is 1.75. The zero-order valence-electron chi connectivity index (χ0n) is 11.9. The minimum atomic E-state index is -0.261. The largest absolute Gasteiger partial charge is 0.461 e. The number of rotatable bonds is 5. The van der Waals surface area contributed by atoms with Crippen molar-refractivity contribution in [3.8, 4) is 0 Å². The standard InChI is InChI=1S/C18H17BrO2/c1-14(20)21-13-17(10-15-6-3-2-4-7-15)11-16-8-5-9-18(19)12-16/h2-9,11-12H,10,13H2,1H3. The first-order chi connectivity index (χ1) is 10.1. The van der Waals surface area contributed by atoms with E-state index in [0.717, 1.165) is 22.0 Å². The quantitative estimate of drug-likeness (QED) is 0.738. The number of hydrogen-bond donors (Lipinski definition) is 0. The molecule has 108 valence electrons. The van der Waals surface area contributed by atoms with Gasteiger partial charge in [-0.2, -0.15) is 0 Å². The second-order valence-electron chi connectivity index (χ2n) is 4.80. The molecule has 0 saturated carbocycles. The first kappa shape index (κ1) is 15.5. The molecule has 0 heterocycles. The van der Waals surface area contributed by atoms with E-state index in [-0.39, 0.29) is 5.97 Å². The van der Waals surface area contributed by atoms with Crippen molar-refractivity contribution in [2.45, 2.75) is 13.3 Å². The highest BCUT2D eigenvalue weighted by molar-refractivity contribution is 9.10. The number of esters is 1. The van der Waals surface area contributed by atoms with Crippen LogP contribution in [0.15, 0.2) is 64.6 Å². The number of halogens is 1. The summed E-state index contributed by atoms with van der Waals surface area (Å²) in [6, 6.07) is 18.2. The zero-order valence-corrected chi connectivity index (χ0v) is 13.5. The van der Waals surface area contributed by atoms with E-state index in [9.17, 15) is 4.79 Å². The Bertz CT molecular complexity index is 633. The summed E-state index contributed by atoms with van der Waals surface area (Å²) in [4.78, 5) is 11.1. The fourth-order valence-corrected chi connectivity index (χ4v) is 2.45. The molecule has 0 amide bonds. The van der Waals surface area contributed by atoms with Crippen molar-refractivity contribution in [1.29, 1.82) is 0 Å². The van der Waals surface area contributed by atoms with Gasteiger partial charge in [0, 0.05) is 11.4 Å². The molecule has 2 aromatic carbocycles. The van der Waals surface area contributed by atoms with Gasteiger partial charge in [0.15, 0.2) is 0 Å². The summed E-state index contributed by atoms with van der Waals surface area (Å²) < 4.78 is 6.19. The summed E-state index contributed by atoms with van der Waals surface area (Å²) in [5.41, 5.74) is 3.35. The van der Waals surface area contributed by atoms with Gasteiger partial charge in [0.25, 0.3) is 0 Å². The summed E-state index contributed by atoms with van der Waals surface area (Å²) in [6.07, 6.45) is 2.83. The third-order valence-corrected chi connectivity index (χ3v) is 3.45. The predicted octanol–water partition coefficient (Wildman–Crippen LogP) is 4.64. The topological polar surface area (TPSA) is 26.3 Å². The molecule has 0 aliphatic carbocycles. The molecule has 0 aliphatic rings. The minimum Gasteiger partial charge on any atom is -0.461 e. The smallest absolute Gasteiger partial charge is 0.302 e. The average molecular weight is 345 g/mol. The lowest BCUT2D eigenvalue weighted by Crippen LogP contribution is -2.05. The van der Waals surface area contributed by atoms with Crippen LogP contribution < -0.4 is 0 Å². The molecule has 0 aromatic heterocycles. The van der Waals surface area contributed by atoms with Gasteiger partial charge in [-0.15, -0.1) is 0 Å². The van der Waals surface area contributed by atoms with Gasteiger partial charge < -0.3 is 4.74 Å². The average Bonchev–Trinajstić information content (AvgIpc) is 2.46. The molecule has 0 N–H and O–H groups in total. The van der Waals surface area contributed by atoms with Gasteiger partial charge in [-0.05, 0) is 35.3 Å². The molecular weight excluding hydrogens is 328 g/mol. The fourth-order valence-electron chi connectivity index (χ4n) is 2.03. The highest BCUT2D eigenvalue weighted by atomic mass is 79.9. The van der Waals surface area contributed by atoms with Crippen LogP contribution in [0.1, 0.15) is 18.1 Å². The second kappa shape index (κ2) is 7.79. The minimum absolute atomic E-state index is 0.261. The highest BCUT2D eigenvalue weighted by Crippen LogP contribution is 2.17. The molecule has 2 rings (SSSR count). The summed E-state index contributed by atoms with van der Waals surface area (Å²) in [7, 11) is 0. The number of carbonyl (C=O) groups excluding carboxylic acids is 1. The third-order valence-electron chi connectivity index (χ3n) is 2.95. The second-order valence-corrected chi connectivity index (χ2v) is 5.72. The van der Waals surface area contributed by atoms with Crippen molar-refractivity contribution in [3.05, 3.63) is 75.8 Å². The Morgan fingerprint density at radius 3 is 2.57 bits per heavy atom. The van der Waals surface area contributed by atoms with E-state index >= 15 is 0 Å². The van der Waals surface area contributed by atoms with Crippen LogP contribution in [0.3, 0.4) is 0 Å². The van der Waals surface area contributed by atoms with Gasteiger partial charge in [0.2, 0.25) is 0 Å². The van der Waals surface area contributed by atoms with Crippen molar-refractivity contribution in [2.75, 3.05) is 6.61 Å². The van der Waals surface area contributed by atoms with Crippen molar-refractivity contribution in [1.82, 2.24) is 0 Å². The molecule has 0 aliphatic heterocycles. The van der Waals surface area contributed by atoms with Gasteiger partial charge in [-0.1, -0.05) is 64.5 Å².